The molecule has 21 heavy (non-hydrogen) atoms. The summed E-state index contributed by atoms with van der Waals surface area (Å²) in [4.78, 5) is 19.1. The summed E-state index contributed by atoms with van der Waals surface area (Å²) in [6.07, 6.45) is 0. The van der Waals surface area contributed by atoms with E-state index >= 15 is 0 Å². The first-order chi connectivity index (χ1) is 10.1. The normalized spacial score (nSPS) is 10.9. The number of halogens is 1. The second kappa shape index (κ2) is 5.10. The Morgan fingerprint density at radius 1 is 1.19 bits per heavy atom. The van der Waals surface area contributed by atoms with Crippen LogP contribution < -0.4 is 5.56 Å². The van der Waals surface area contributed by atoms with Crippen LogP contribution in [0.2, 0.25) is 0 Å². The summed E-state index contributed by atoms with van der Waals surface area (Å²) in [5.74, 6) is -0.0145. The molecule has 0 radical (unpaired) electrons. The van der Waals surface area contributed by atoms with E-state index in [1.165, 1.54) is 12.1 Å². The van der Waals surface area contributed by atoms with Crippen molar-refractivity contribution in [1.82, 2.24) is 9.97 Å². The fourth-order valence-corrected chi connectivity index (χ4v) is 2.46. The molecule has 0 bridgehead atoms. The summed E-state index contributed by atoms with van der Waals surface area (Å²) in [7, 11) is 0. The minimum absolute atomic E-state index is 0.0633. The lowest BCUT2D eigenvalue weighted by molar-refractivity contribution is 0.451. The van der Waals surface area contributed by atoms with E-state index in [0.29, 0.717) is 22.0 Å². The van der Waals surface area contributed by atoms with E-state index < -0.39 is 0 Å². The van der Waals surface area contributed by atoms with Crippen molar-refractivity contribution in [3.8, 4) is 22.9 Å². The Balaban J connectivity index is 2.33. The third-order valence-corrected chi connectivity index (χ3v) is 3.47. The Bertz CT molecular complexity index is 890. The van der Waals surface area contributed by atoms with Gasteiger partial charge in [0, 0.05) is 11.9 Å². The molecule has 2 aromatic carbocycles. The molecule has 0 amide bonds. The van der Waals surface area contributed by atoms with Gasteiger partial charge < -0.3 is 15.2 Å². The molecular formula is C15H11ClN2O3. The number of aromatic amines is 1. The maximum Gasteiger partial charge on any atom is 0.259 e. The van der Waals surface area contributed by atoms with Gasteiger partial charge in [-0.05, 0) is 23.8 Å². The van der Waals surface area contributed by atoms with Crippen LogP contribution in [0.25, 0.3) is 22.3 Å². The van der Waals surface area contributed by atoms with E-state index in [-0.39, 0.29) is 28.8 Å². The number of aromatic nitrogens is 2. The number of benzene rings is 2. The molecule has 3 aromatic rings. The summed E-state index contributed by atoms with van der Waals surface area (Å²) in [5, 5.41) is 20.0. The minimum atomic E-state index is -0.302. The van der Waals surface area contributed by atoms with E-state index in [0.717, 1.165) is 0 Å². The highest BCUT2D eigenvalue weighted by atomic mass is 35.5. The first kappa shape index (κ1) is 13.5. The highest BCUT2D eigenvalue weighted by Crippen LogP contribution is 2.35. The Kier molecular flexibility index (Phi) is 3.27. The zero-order valence-electron chi connectivity index (χ0n) is 10.8. The molecule has 106 valence electrons. The molecular weight excluding hydrogens is 292 g/mol. The molecule has 0 saturated heterocycles. The lowest BCUT2D eigenvalue weighted by atomic mass is 10.1. The number of alkyl halides is 1. The Morgan fingerprint density at radius 2 is 1.95 bits per heavy atom. The van der Waals surface area contributed by atoms with Crippen LogP contribution in [0.4, 0.5) is 0 Å². The number of hydrogen-bond acceptors (Lipinski definition) is 4. The number of rotatable bonds is 2. The number of H-pyrrole nitrogens is 1. The quantitative estimate of drug-likeness (QED) is 0.635. The zero-order valence-corrected chi connectivity index (χ0v) is 11.6. The Morgan fingerprint density at radius 3 is 2.71 bits per heavy atom. The number of nitrogens with one attached hydrogen (secondary N) is 1. The largest absolute Gasteiger partial charge is 0.508 e. The van der Waals surface area contributed by atoms with Gasteiger partial charge in [-0.25, -0.2) is 4.98 Å². The molecule has 1 aromatic heterocycles. The smallest absolute Gasteiger partial charge is 0.259 e. The van der Waals surface area contributed by atoms with E-state index in [1.807, 2.05) is 0 Å². The number of phenolic OH excluding ortho intramolecular Hbond substituents is 2. The van der Waals surface area contributed by atoms with Crippen LogP contribution in [0.1, 0.15) is 5.56 Å². The second-order valence-electron chi connectivity index (χ2n) is 4.56. The van der Waals surface area contributed by atoms with Crippen LogP contribution in [0.3, 0.4) is 0 Å². The average Bonchev–Trinajstić information content (AvgIpc) is 2.46. The molecule has 0 atom stereocenters. The molecule has 3 N–H and O–H groups in total. The monoisotopic (exact) mass is 302 g/mol. The molecule has 0 aliphatic rings. The van der Waals surface area contributed by atoms with Gasteiger partial charge in [-0.1, -0.05) is 12.1 Å². The molecule has 0 fully saturated rings. The lowest BCUT2D eigenvalue weighted by Gasteiger charge is -2.10. The summed E-state index contributed by atoms with van der Waals surface area (Å²) in [6, 6.07) is 9.52. The standard InChI is InChI=1S/C15H11ClN2O3/c16-7-8-5-9(19)6-12(20)13(8)14-17-11-4-2-1-3-10(11)15(21)18-14/h1-6,19-20H,7H2,(H,17,18,21). The summed E-state index contributed by atoms with van der Waals surface area (Å²) in [6.45, 7) is 0. The topological polar surface area (TPSA) is 86.2 Å². The second-order valence-corrected chi connectivity index (χ2v) is 4.83. The van der Waals surface area contributed by atoms with Crippen molar-refractivity contribution in [3.63, 3.8) is 0 Å². The summed E-state index contributed by atoms with van der Waals surface area (Å²) in [5.41, 5.74) is 1.01. The molecule has 0 aliphatic heterocycles. The fraction of sp³-hybridized carbons (Fsp3) is 0.0667. The van der Waals surface area contributed by atoms with Gasteiger partial charge in [0.25, 0.3) is 5.56 Å². The van der Waals surface area contributed by atoms with Gasteiger partial charge >= 0.3 is 0 Å². The minimum Gasteiger partial charge on any atom is -0.508 e. The third kappa shape index (κ3) is 2.32. The van der Waals surface area contributed by atoms with E-state index in [4.69, 9.17) is 11.6 Å². The molecule has 0 aliphatic carbocycles. The molecule has 0 saturated carbocycles. The van der Waals surface area contributed by atoms with Crippen molar-refractivity contribution in [2.24, 2.45) is 0 Å². The highest BCUT2D eigenvalue weighted by molar-refractivity contribution is 6.17. The summed E-state index contributed by atoms with van der Waals surface area (Å²) < 4.78 is 0. The molecule has 6 heteroatoms. The summed E-state index contributed by atoms with van der Waals surface area (Å²) >= 11 is 5.84. The van der Waals surface area contributed by atoms with Crippen molar-refractivity contribution in [2.75, 3.05) is 0 Å². The van der Waals surface area contributed by atoms with Crippen molar-refractivity contribution in [1.29, 1.82) is 0 Å². The SMILES string of the molecule is O=c1[nH]c(-c2c(O)cc(O)cc2CCl)nc2ccccc12. The lowest BCUT2D eigenvalue weighted by Crippen LogP contribution is -2.10. The van der Waals surface area contributed by atoms with Crippen molar-refractivity contribution >= 4 is 22.5 Å². The van der Waals surface area contributed by atoms with Gasteiger partial charge in [-0.3, -0.25) is 4.79 Å². The molecule has 0 unspecified atom stereocenters. The maximum absolute atomic E-state index is 12.1. The number of hydrogen-bond donors (Lipinski definition) is 3. The first-order valence-corrected chi connectivity index (χ1v) is 6.74. The Labute approximate surface area is 124 Å². The third-order valence-electron chi connectivity index (χ3n) is 3.18. The molecule has 0 spiro atoms. The first-order valence-electron chi connectivity index (χ1n) is 6.20. The van der Waals surface area contributed by atoms with Gasteiger partial charge in [0.2, 0.25) is 0 Å². The van der Waals surface area contributed by atoms with Gasteiger partial charge in [-0.15, -0.1) is 11.6 Å². The predicted octanol–water partition coefficient (Wildman–Crippen LogP) is 2.74. The van der Waals surface area contributed by atoms with Crippen LogP contribution in [-0.4, -0.2) is 20.2 Å². The number of para-hydroxylation sites is 1. The number of nitrogens with zero attached hydrogens (tertiary/aromatic N) is 1. The van der Waals surface area contributed by atoms with Crippen molar-refractivity contribution in [3.05, 3.63) is 52.3 Å². The highest BCUT2D eigenvalue weighted by Gasteiger charge is 2.15. The molecule has 1 heterocycles. The van der Waals surface area contributed by atoms with E-state index in [1.54, 1.807) is 24.3 Å². The Hall–Kier alpha value is -2.53. The van der Waals surface area contributed by atoms with Gasteiger partial charge in [-0.2, -0.15) is 0 Å². The number of fused-ring (bicyclic) bond motifs is 1. The molecule has 5 nitrogen and oxygen atoms in total. The van der Waals surface area contributed by atoms with Crippen LogP contribution in [0, 0.1) is 0 Å². The van der Waals surface area contributed by atoms with Crippen LogP contribution >= 0.6 is 11.6 Å². The zero-order chi connectivity index (χ0) is 15.0. The van der Waals surface area contributed by atoms with E-state index in [9.17, 15) is 15.0 Å². The van der Waals surface area contributed by atoms with Crippen LogP contribution in [-0.2, 0) is 5.88 Å². The average molecular weight is 303 g/mol. The van der Waals surface area contributed by atoms with Crippen molar-refractivity contribution < 1.29 is 10.2 Å². The molecule has 3 rings (SSSR count). The number of phenols is 2. The maximum atomic E-state index is 12.1. The van der Waals surface area contributed by atoms with Gasteiger partial charge in [0.05, 0.1) is 16.5 Å². The predicted molar refractivity (Wildman–Crippen MR) is 80.7 cm³/mol. The van der Waals surface area contributed by atoms with Gasteiger partial charge in [0.1, 0.15) is 17.3 Å². The van der Waals surface area contributed by atoms with Crippen molar-refractivity contribution in [2.45, 2.75) is 5.88 Å². The van der Waals surface area contributed by atoms with E-state index in [2.05, 4.69) is 9.97 Å². The fourth-order valence-electron chi connectivity index (χ4n) is 2.25. The number of aromatic hydroxyl groups is 2. The van der Waals surface area contributed by atoms with Crippen LogP contribution in [0.5, 0.6) is 11.5 Å². The van der Waals surface area contributed by atoms with Crippen LogP contribution in [0.15, 0.2) is 41.2 Å². The van der Waals surface area contributed by atoms with Gasteiger partial charge in [0.15, 0.2) is 0 Å².